The van der Waals surface area contributed by atoms with Crippen LogP contribution in [0.5, 0.6) is 0 Å². The third kappa shape index (κ3) is 4.79. The zero-order valence-electron chi connectivity index (χ0n) is 15.9. The van der Waals surface area contributed by atoms with Crippen LogP contribution in [0.1, 0.15) is 11.1 Å². The van der Waals surface area contributed by atoms with Gasteiger partial charge in [-0.25, -0.2) is 0 Å². The molecule has 0 N–H and O–H groups in total. The first-order valence-corrected chi connectivity index (χ1v) is 14.8. The Kier molecular flexibility index (Phi) is 6.16. The average molecular weight is 383 g/mol. The van der Waals surface area contributed by atoms with Gasteiger partial charge in [0, 0.05) is 11.1 Å². The van der Waals surface area contributed by atoms with Crippen LogP contribution in [-0.2, 0) is 20.1 Å². The van der Waals surface area contributed by atoms with Crippen molar-refractivity contribution in [2.24, 2.45) is 0 Å². The summed E-state index contributed by atoms with van der Waals surface area (Å²) in [6, 6.07) is 14.0. The van der Waals surface area contributed by atoms with Gasteiger partial charge < -0.3 is 8.85 Å². The molecule has 0 saturated heterocycles. The first kappa shape index (κ1) is 21.6. The van der Waals surface area contributed by atoms with E-state index in [0.717, 1.165) is 0 Å². The Morgan fingerprint density at radius 2 is 0.846 bits per heavy atom. The van der Waals surface area contributed by atoms with E-state index in [-0.39, 0.29) is 0 Å². The van der Waals surface area contributed by atoms with Crippen molar-refractivity contribution in [2.75, 3.05) is 0 Å². The smallest absolute Gasteiger partial charge is 0.258 e. The standard InChI is InChI=1S/C18H22N4O2Si2/c1-25(2,3)23-17(11-19,12-20)15-7-9-16(10-8-15)18(13-21,14-22)24-26(4,5)6/h7-10H,1-6H3. The molecule has 0 aliphatic rings. The van der Waals surface area contributed by atoms with E-state index < -0.39 is 27.8 Å². The lowest BCUT2D eigenvalue weighted by Gasteiger charge is -2.30. The van der Waals surface area contributed by atoms with E-state index in [9.17, 15) is 21.0 Å². The molecule has 0 fully saturated rings. The van der Waals surface area contributed by atoms with Gasteiger partial charge in [-0.15, -0.1) is 0 Å². The SMILES string of the molecule is C[Si](C)(C)OC(C#N)(C#N)c1ccc(C(C#N)(C#N)O[Si](C)(C)C)cc1. The predicted octanol–water partition coefficient (Wildman–Crippen LogP) is 3.87. The summed E-state index contributed by atoms with van der Waals surface area (Å²) in [5.74, 6) is 0. The summed E-state index contributed by atoms with van der Waals surface area (Å²) in [5, 5.41) is 38.3. The maximum absolute atomic E-state index is 9.57. The Balaban J connectivity index is 3.42. The summed E-state index contributed by atoms with van der Waals surface area (Å²) in [7, 11) is -4.36. The molecule has 0 radical (unpaired) electrons. The second-order valence-corrected chi connectivity index (χ2v) is 16.7. The molecule has 0 aliphatic heterocycles. The molecule has 0 aromatic heterocycles. The van der Waals surface area contributed by atoms with Crippen molar-refractivity contribution < 1.29 is 8.85 Å². The normalized spacial score (nSPS) is 12.4. The number of rotatable bonds is 6. The van der Waals surface area contributed by atoms with E-state index in [1.165, 1.54) is 0 Å². The second-order valence-electron chi connectivity index (χ2n) is 7.82. The first-order chi connectivity index (χ1) is 11.9. The van der Waals surface area contributed by atoms with Crippen molar-refractivity contribution in [2.45, 2.75) is 50.5 Å². The van der Waals surface area contributed by atoms with Crippen molar-refractivity contribution in [1.82, 2.24) is 0 Å². The van der Waals surface area contributed by atoms with Crippen molar-refractivity contribution in [3.05, 3.63) is 35.4 Å². The van der Waals surface area contributed by atoms with Gasteiger partial charge in [0.2, 0.25) is 0 Å². The second kappa shape index (κ2) is 7.42. The van der Waals surface area contributed by atoms with E-state index in [2.05, 4.69) is 0 Å². The molecule has 0 amide bonds. The summed E-state index contributed by atoms with van der Waals surface area (Å²) < 4.78 is 11.7. The average Bonchev–Trinajstić information content (AvgIpc) is 2.56. The zero-order chi connectivity index (χ0) is 20.2. The van der Waals surface area contributed by atoms with Crippen LogP contribution in [0, 0.1) is 45.3 Å². The van der Waals surface area contributed by atoms with Gasteiger partial charge in [0.15, 0.2) is 16.6 Å². The minimum Gasteiger partial charge on any atom is -0.386 e. The van der Waals surface area contributed by atoms with Crippen molar-refractivity contribution in [3.8, 4) is 24.3 Å². The van der Waals surface area contributed by atoms with Gasteiger partial charge in [-0.1, -0.05) is 24.3 Å². The van der Waals surface area contributed by atoms with Crippen molar-refractivity contribution in [1.29, 1.82) is 21.0 Å². The fourth-order valence-corrected chi connectivity index (χ4v) is 4.63. The van der Waals surface area contributed by atoms with Crippen LogP contribution in [-0.4, -0.2) is 16.6 Å². The van der Waals surface area contributed by atoms with Crippen LogP contribution in [0.3, 0.4) is 0 Å². The molecule has 1 aromatic rings. The van der Waals surface area contributed by atoms with Crippen LogP contribution in [0.4, 0.5) is 0 Å². The van der Waals surface area contributed by atoms with Crippen LogP contribution < -0.4 is 0 Å². The number of benzene rings is 1. The van der Waals surface area contributed by atoms with E-state index >= 15 is 0 Å². The molecular weight excluding hydrogens is 360 g/mol. The molecule has 0 unspecified atom stereocenters. The third-order valence-corrected chi connectivity index (χ3v) is 5.08. The van der Waals surface area contributed by atoms with Gasteiger partial charge in [0.05, 0.1) is 0 Å². The predicted molar refractivity (Wildman–Crippen MR) is 101 cm³/mol. The Labute approximate surface area is 157 Å². The number of hydrogen-bond acceptors (Lipinski definition) is 6. The molecule has 0 bridgehead atoms. The lowest BCUT2D eigenvalue weighted by atomic mass is 9.91. The molecule has 0 atom stereocenters. The molecule has 134 valence electrons. The van der Waals surface area contributed by atoms with E-state index in [4.69, 9.17) is 8.85 Å². The minimum atomic E-state index is -2.18. The molecule has 6 nitrogen and oxygen atoms in total. The highest BCUT2D eigenvalue weighted by Gasteiger charge is 2.41. The largest absolute Gasteiger partial charge is 0.386 e. The van der Waals surface area contributed by atoms with Gasteiger partial charge in [-0.3, -0.25) is 0 Å². The van der Waals surface area contributed by atoms with Gasteiger partial charge in [0.1, 0.15) is 24.3 Å². The molecule has 1 aromatic carbocycles. The van der Waals surface area contributed by atoms with Crippen LogP contribution in [0.25, 0.3) is 0 Å². The molecule has 0 saturated carbocycles. The first-order valence-electron chi connectivity index (χ1n) is 8.03. The van der Waals surface area contributed by atoms with Gasteiger partial charge >= 0.3 is 0 Å². The third-order valence-electron chi connectivity index (χ3n) is 3.25. The monoisotopic (exact) mass is 382 g/mol. The maximum Gasteiger partial charge on any atom is 0.258 e. The van der Waals surface area contributed by atoms with Crippen molar-refractivity contribution >= 4 is 16.6 Å². The summed E-state index contributed by atoms with van der Waals surface area (Å²) in [6.45, 7) is 11.4. The lowest BCUT2D eigenvalue weighted by molar-refractivity contribution is 0.176. The maximum atomic E-state index is 9.57. The fourth-order valence-electron chi connectivity index (χ4n) is 2.38. The highest BCUT2D eigenvalue weighted by molar-refractivity contribution is 6.70. The Bertz CT molecular complexity index is 726. The molecule has 0 heterocycles. The zero-order valence-corrected chi connectivity index (χ0v) is 17.9. The Morgan fingerprint density at radius 1 is 0.615 bits per heavy atom. The van der Waals surface area contributed by atoms with E-state index in [1.54, 1.807) is 24.3 Å². The van der Waals surface area contributed by atoms with Crippen LogP contribution in [0.2, 0.25) is 39.3 Å². The summed E-state index contributed by atoms with van der Waals surface area (Å²) in [4.78, 5) is 0. The molecule has 0 aliphatic carbocycles. The highest BCUT2D eigenvalue weighted by atomic mass is 28.4. The molecule has 26 heavy (non-hydrogen) atoms. The van der Waals surface area contributed by atoms with Crippen LogP contribution >= 0.6 is 0 Å². The summed E-state index contributed by atoms with van der Waals surface area (Å²) >= 11 is 0. The fraction of sp³-hybridized carbons (Fsp3) is 0.444. The summed E-state index contributed by atoms with van der Waals surface area (Å²) in [6.07, 6.45) is 0. The van der Waals surface area contributed by atoms with E-state index in [0.29, 0.717) is 11.1 Å². The molecule has 8 heteroatoms. The Hall–Kier alpha value is -2.47. The summed E-state index contributed by atoms with van der Waals surface area (Å²) in [5.41, 5.74) is -2.70. The van der Waals surface area contributed by atoms with E-state index in [1.807, 2.05) is 63.6 Å². The number of nitriles is 4. The number of nitrogens with zero attached hydrogens (tertiary/aromatic N) is 4. The molecule has 0 spiro atoms. The molecular formula is C18H22N4O2Si2. The number of hydrogen-bond donors (Lipinski definition) is 0. The van der Waals surface area contributed by atoms with Crippen molar-refractivity contribution in [3.63, 3.8) is 0 Å². The quantitative estimate of drug-likeness (QED) is 0.690. The van der Waals surface area contributed by atoms with Gasteiger partial charge in [0.25, 0.3) is 11.2 Å². The highest BCUT2D eigenvalue weighted by Crippen LogP contribution is 2.33. The van der Waals surface area contributed by atoms with Crippen LogP contribution in [0.15, 0.2) is 24.3 Å². The minimum absolute atomic E-state index is 0.367. The van der Waals surface area contributed by atoms with Gasteiger partial charge in [-0.05, 0) is 39.3 Å². The lowest BCUT2D eigenvalue weighted by Crippen LogP contribution is -2.40. The molecule has 1 rings (SSSR count). The van der Waals surface area contributed by atoms with Gasteiger partial charge in [-0.2, -0.15) is 21.0 Å². The Morgan fingerprint density at radius 3 is 1.00 bits per heavy atom. The topological polar surface area (TPSA) is 114 Å².